The van der Waals surface area contributed by atoms with Crippen LogP contribution in [0, 0.1) is 0 Å². The molecule has 0 saturated heterocycles. The molecule has 0 aliphatic rings. The summed E-state index contributed by atoms with van der Waals surface area (Å²) in [5, 5.41) is 0. The summed E-state index contributed by atoms with van der Waals surface area (Å²) in [4.78, 5) is 35.0. The van der Waals surface area contributed by atoms with Crippen LogP contribution in [0.15, 0.2) is 24.3 Å². The van der Waals surface area contributed by atoms with Crippen molar-refractivity contribution in [3.05, 3.63) is 24.3 Å². The Morgan fingerprint density at radius 1 is 0.724 bits per heavy atom. The van der Waals surface area contributed by atoms with Crippen LogP contribution in [-0.2, 0) is 23.8 Å². The highest BCUT2D eigenvalue weighted by atomic mass is 16.7. The van der Waals surface area contributed by atoms with Crippen LogP contribution in [0.3, 0.4) is 0 Å². The average molecular weight is 411 g/mol. The average Bonchev–Trinajstić information content (AvgIpc) is 2.60. The van der Waals surface area contributed by atoms with Crippen LogP contribution in [-0.4, -0.2) is 52.9 Å². The van der Waals surface area contributed by atoms with Gasteiger partial charge >= 0.3 is 30.0 Å². The van der Waals surface area contributed by atoms with Gasteiger partial charge in [0.25, 0.3) is 0 Å². The van der Waals surface area contributed by atoms with E-state index < -0.39 is 30.8 Å². The molecule has 0 saturated carbocycles. The minimum Gasteiger partial charge on any atom is -0.434 e. The minimum atomic E-state index is -1.04. The Labute approximate surface area is 168 Å². The summed E-state index contributed by atoms with van der Waals surface area (Å²) in [7, 11) is 1.43. The van der Waals surface area contributed by atoms with Gasteiger partial charge in [-0.25, -0.2) is 9.59 Å². The largest absolute Gasteiger partial charge is 0.434 e. The molecule has 1 aromatic rings. The quantitative estimate of drug-likeness (QED) is 0.301. The van der Waals surface area contributed by atoms with Crippen molar-refractivity contribution < 1.29 is 38.0 Å². The molecule has 11 heteroatoms. The fourth-order valence-electron chi connectivity index (χ4n) is 1.52. The van der Waals surface area contributed by atoms with Gasteiger partial charge in [-0.15, -0.1) is 15.0 Å². The van der Waals surface area contributed by atoms with Gasteiger partial charge < -0.3 is 28.4 Å². The van der Waals surface area contributed by atoms with Crippen LogP contribution in [0.2, 0.25) is 0 Å². The van der Waals surface area contributed by atoms with Crippen molar-refractivity contribution in [2.24, 2.45) is 0 Å². The third-order valence-electron chi connectivity index (χ3n) is 2.96. The zero-order chi connectivity index (χ0) is 22.1. The van der Waals surface area contributed by atoms with Gasteiger partial charge in [0.2, 0.25) is 12.6 Å². The van der Waals surface area contributed by atoms with E-state index in [1.54, 1.807) is 6.92 Å². The summed E-state index contributed by atoms with van der Waals surface area (Å²) in [5.74, 6) is -1.29. The maximum Gasteiger partial charge on any atom is 0.336 e. The van der Waals surface area contributed by atoms with Gasteiger partial charge in [0.15, 0.2) is 6.29 Å². The number of rotatable bonds is 11. The lowest BCUT2D eigenvalue weighted by molar-refractivity contribution is -0.157. The minimum absolute atomic E-state index is 0.184. The fourth-order valence-corrected chi connectivity index (χ4v) is 1.52. The van der Waals surface area contributed by atoms with Crippen LogP contribution >= 0.6 is 0 Å². The number of ether oxygens (including phenoxy) is 6. The molecule has 1 aromatic heterocycles. The van der Waals surface area contributed by atoms with Crippen molar-refractivity contribution in [3.8, 4) is 18.0 Å². The van der Waals surface area contributed by atoms with E-state index >= 15 is 0 Å². The molecule has 1 heterocycles. The van der Waals surface area contributed by atoms with Gasteiger partial charge in [0.05, 0.1) is 0 Å². The first-order valence-electron chi connectivity index (χ1n) is 8.53. The Bertz CT molecular complexity index is 713. The zero-order valence-electron chi connectivity index (χ0n) is 17.3. The number of aromatic nitrogens is 3. The lowest BCUT2D eigenvalue weighted by Crippen LogP contribution is -2.24. The Hall–Kier alpha value is -3.21. The first-order valence-corrected chi connectivity index (χ1v) is 8.53. The third-order valence-corrected chi connectivity index (χ3v) is 2.96. The summed E-state index contributed by atoms with van der Waals surface area (Å²) in [6.07, 6.45) is -2.77. The van der Waals surface area contributed by atoms with E-state index in [1.165, 1.54) is 34.8 Å². The Morgan fingerprint density at radius 3 is 1.31 bits per heavy atom. The van der Waals surface area contributed by atoms with Gasteiger partial charge in [-0.05, 0) is 20.8 Å². The number of hydrogen-bond acceptors (Lipinski definition) is 11. The molecule has 11 nitrogen and oxygen atoms in total. The van der Waals surface area contributed by atoms with Crippen molar-refractivity contribution in [1.82, 2.24) is 15.0 Å². The predicted molar refractivity (Wildman–Crippen MR) is 98.9 cm³/mol. The predicted octanol–water partition coefficient (Wildman–Crippen LogP) is 1.93. The van der Waals surface area contributed by atoms with Crippen molar-refractivity contribution in [3.63, 3.8) is 0 Å². The summed E-state index contributed by atoms with van der Waals surface area (Å²) in [6.45, 7) is 14.5. The number of carbonyl (C=O) groups is 2. The molecule has 0 aliphatic carbocycles. The molecular formula is C18H25N3O8. The smallest absolute Gasteiger partial charge is 0.336 e. The second-order valence-corrected chi connectivity index (χ2v) is 5.85. The van der Waals surface area contributed by atoms with Gasteiger partial charge in [-0.1, -0.05) is 13.2 Å². The van der Waals surface area contributed by atoms with E-state index in [0.29, 0.717) is 0 Å². The summed E-state index contributed by atoms with van der Waals surface area (Å²) in [5.41, 5.74) is 0.400. The summed E-state index contributed by atoms with van der Waals surface area (Å²) < 4.78 is 31.1. The van der Waals surface area contributed by atoms with Crippen LogP contribution < -0.4 is 14.2 Å². The number of methoxy groups -OCH3 is 1. The summed E-state index contributed by atoms with van der Waals surface area (Å²) >= 11 is 0. The topological polar surface area (TPSA) is 128 Å². The molecule has 0 fully saturated rings. The van der Waals surface area contributed by atoms with E-state index in [4.69, 9.17) is 28.4 Å². The molecule has 1 rings (SSSR count). The highest BCUT2D eigenvalue weighted by Crippen LogP contribution is 2.18. The second-order valence-electron chi connectivity index (χ2n) is 5.85. The lowest BCUT2D eigenvalue weighted by atomic mass is 10.4. The highest BCUT2D eigenvalue weighted by molar-refractivity contribution is 5.87. The Balaban J connectivity index is 2.99. The fraction of sp³-hybridized carbons (Fsp3) is 0.500. The van der Waals surface area contributed by atoms with Crippen molar-refractivity contribution in [2.75, 3.05) is 7.11 Å². The lowest BCUT2D eigenvalue weighted by Gasteiger charge is -2.17. The molecule has 0 spiro atoms. The first-order chi connectivity index (χ1) is 13.5. The van der Waals surface area contributed by atoms with Crippen molar-refractivity contribution in [1.29, 1.82) is 0 Å². The van der Waals surface area contributed by atoms with E-state index in [0.717, 1.165) is 0 Å². The molecule has 0 aliphatic heterocycles. The molecular weight excluding hydrogens is 386 g/mol. The maximum atomic E-state index is 11.6. The Morgan fingerprint density at radius 2 is 1.03 bits per heavy atom. The second kappa shape index (κ2) is 11.0. The third kappa shape index (κ3) is 8.56. The van der Waals surface area contributed by atoms with Gasteiger partial charge in [-0.3, -0.25) is 0 Å². The van der Waals surface area contributed by atoms with Crippen LogP contribution in [0.4, 0.5) is 0 Å². The monoisotopic (exact) mass is 411 g/mol. The SMILES string of the molecule is C=C(C)C(=O)OC(C)Oc1nc(OC(C)OC)nc(OC(C)OC(=O)C(=C)C)n1. The van der Waals surface area contributed by atoms with Crippen molar-refractivity contribution in [2.45, 2.75) is 53.5 Å². The molecule has 0 radical (unpaired) electrons. The number of esters is 2. The van der Waals surface area contributed by atoms with Crippen molar-refractivity contribution >= 4 is 11.9 Å². The van der Waals surface area contributed by atoms with E-state index in [1.807, 2.05) is 0 Å². The number of hydrogen-bond donors (Lipinski definition) is 0. The zero-order valence-corrected chi connectivity index (χ0v) is 17.3. The highest BCUT2D eigenvalue weighted by Gasteiger charge is 2.19. The van der Waals surface area contributed by atoms with Gasteiger partial charge in [0, 0.05) is 32.1 Å². The summed E-state index contributed by atoms with van der Waals surface area (Å²) in [6, 6.07) is -0.696. The molecule has 0 N–H and O–H groups in total. The molecule has 3 unspecified atom stereocenters. The van der Waals surface area contributed by atoms with Crippen LogP contribution in [0.5, 0.6) is 18.0 Å². The molecule has 160 valence electrons. The molecule has 0 bridgehead atoms. The van der Waals surface area contributed by atoms with E-state index in [9.17, 15) is 9.59 Å². The van der Waals surface area contributed by atoms with Crippen LogP contribution in [0.1, 0.15) is 34.6 Å². The first kappa shape index (κ1) is 23.8. The maximum absolute atomic E-state index is 11.6. The molecule has 29 heavy (non-hydrogen) atoms. The number of nitrogens with zero attached hydrogens (tertiary/aromatic N) is 3. The van der Waals surface area contributed by atoms with Gasteiger partial charge in [0.1, 0.15) is 0 Å². The van der Waals surface area contributed by atoms with Crippen LogP contribution in [0.25, 0.3) is 0 Å². The standard InChI is InChI=1S/C18H25N3O8/c1-9(2)14(22)25-12(6)28-17-19-16(27-11(5)24-8)20-18(21-17)29-13(7)26-15(23)10(3)4/h11-13H,1,3H2,2,4-8H3. The number of carbonyl (C=O) groups excluding carboxylic acids is 2. The van der Waals surface area contributed by atoms with E-state index in [-0.39, 0.29) is 29.2 Å². The van der Waals surface area contributed by atoms with Gasteiger partial charge in [-0.2, -0.15) is 0 Å². The normalized spacial score (nSPS) is 13.4. The molecule has 0 amide bonds. The molecule has 3 atom stereocenters. The molecule has 0 aromatic carbocycles. The Kier molecular flexibility index (Phi) is 9.00. The van der Waals surface area contributed by atoms with E-state index in [2.05, 4.69) is 28.1 Å².